The lowest BCUT2D eigenvalue weighted by molar-refractivity contribution is -0.134. The Labute approximate surface area is 161 Å². The molecule has 2 spiro atoms. The Balaban J connectivity index is 1.31. The molecule has 0 amide bonds. The van der Waals surface area contributed by atoms with Crippen molar-refractivity contribution in [3.8, 4) is 0 Å². The van der Waals surface area contributed by atoms with Crippen molar-refractivity contribution in [2.45, 2.75) is 63.9 Å². The minimum Gasteiger partial charge on any atom is -0.411 e. The van der Waals surface area contributed by atoms with E-state index in [0.29, 0.717) is 10.8 Å². The fraction of sp³-hybridized carbons (Fsp3) is 0.792. The molecule has 8 atom stereocenters. The summed E-state index contributed by atoms with van der Waals surface area (Å²) >= 11 is 0. The Hall–Kier alpha value is -1.09. The van der Waals surface area contributed by atoms with Gasteiger partial charge in [0, 0.05) is 5.41 Å². The van der Waals surface area contributed by atoms with Gasteiger partial charge in [0.1, 0.15) is 0 Å². The number of hydrogen-bond donors (Lipinski definition) is 1. The normalized spacial score (nSPS) is 57.2. The number of nitrogens with zero attached hydrogens (tertiary/aromatic N) is 1. The Morgan fingerprint density at radius 2 is 2.04 bits per heavy atom. The van der Waals surface area contributed by atoms with E-state index in [-0.39, 0.29) is 5.60 Å². The number of allylic oxidation sites excluding steroid dienone is 2. The lowest BCUT2D eigenvalue weighted by Crippen LogP contribution is -2.55. The smallest absolute Gasteiger partial charge is 0.0954 e. The van der Waals surface area contributed by atoms with Gasteiger partial charge in [-0.1, -0.05) is 29.8 Å². The van der Waals surface area contributed by atoms with E-state index in [1.165, 1.54) is 44.9 Å². The van der Waals surface area contributed by atoms with Crippen LogP contribution >= 0.6 is 0 Å². The highest BCUT2D eigenvalue weighted by Gasteiger charge is 2.77. The van der Waals surface area contributed by atoms with Crippen LogP contribution in [0.2, 0.25) is 0 Å². The van der Waals surface area contributed by atoms with Crippen LogP contribution in [-0.4, -0.2) is 23.1 Å². The van der Waals surface area contributed by atoms with Gasteiger partial charge in [-0.2, -0.15) is 0 Å². The van der Waals surface area contributed by atoms with E-state index in [1.54, 1.807) is 5.57 Å². The molecule has 5 unspecified atom stereocenters. The predicted octanol–water partition coefficient (Wildman–Crippen LogP) is 4.96. The molecular formula is C24H31NO2. The van der Waals surface area contributed by atoms with E-state index in [2.05, 4.69) is 30.3 Å². The Morgan fingerprint density at radius 1 is 1.15 bits per heavy atom. The van der Waals surface area contributed by atoms with Gasteiger partial charge in [-0.3, -0.25) is 0 Å². The molecule has 0 bridgehead atoms. The van der Waals surface area contributed by atoms with Crippen LogP contribution in [0, 0.1) is 46.3 Å². The van der Waals surface area contributed by atoms with Crippen LogP contribution in [0.4, 0.5) is 0 Å². The third kappa shape index (κ3) is 1.69. The summed E-state index contributed by atoms with van der Waals surface area (Å²) in [7, 11) is 0. The molecule has 1 heterocycles. The van der Waals surface area contributed by atoms with E-state index < -0.39 is 0 Å². The summed E-state index contributed by atoms with van der Waals surface area (Å²) in [6.45, 7) is 3.43. The highest BCUT2D eigenvalue weighted by atomic mass is 16.5. The molecule has 0 aromatic carbocycles. The van der Waals surface area contributed by atoms with Crippen molar-refractivity contribution in [1.82, 2.24) is 0 Å². The van der Waals surface area contributed by atoms with Crippen molar-refractivity contribution in [1.29, 1.82) is 0 Å². The summed E-state index contributed by atoms with van der Waals surface area (Å²) < 4.78 is 6.54. The Kier molecular flexibility index (Phi) is 2.76. The zero-order valence-electron chi connectivity index (χ0n) is 16.4. The van der Waals surface area contributed by atoms with Crippen LogP contribution in [-0.2, 0) is 4.74 Å². The van der Waals surface area contributed by atoms with E-state index in [4.69, 9.17) is 4.74 Å². The van der Waals surface area contributed by atoms with Gasteiger partial charge in [-0.25, -0.2) is 0 Å². The highest BCUT2D eigenvalue weighted by molar-refractivity contribution is 5.96. The van der Waals surface area contributed by atoms with Crippen molar-refractivity contribution in [2.75, 3.05) is 6.61 Å². The molecule has 6 aliphatic carbocycles. The second kappa shape index (κ2) is 4.72. The maximum absolute atomic E-state index is 9.34. The van der Waals surface area contributed by atoms with Gasteiger partial charge in [0.15, 0.2) is 0 Å². The van der Waals surface area contributed by atoms with E-state index in [1.807, 2.05) is 0 Å². The average Bonchev–Trinajstić information content (AvgIpc) is 3.58. The number of rotatable bonds is 0. The molecular weight excluding hydrogens is 334 g/mol. The first kappa shape index (κ1) is 15.8. The van der Waals surface area contributed by atoms with Crippen LogP contribution < -0.4 is 0 Å². The molecule has 7 rings (SSSR count). The number of oxime groups is 1. The zero-order valence-corrected chi connectivity index (χ0v) is 16.4. The van der Waals surface area contributed by atoms with Gasteiger partial charge in [-0.05, 0) is 98.4 Å². The minimum atomic E-state index is 0.0728. The van der Waals surface area contributed by atoms with E-state index >= 15 is 0 Å². The van der Waals surface area contributed by atoms with Gasteiger partial charge in [0.2, 0.25) is 0 Å². The summed E-state index contributed by atoms with van der Waals surface area (Å²) in [6.07, 6.45) is 17.6. The minimum absolute atomic E-state index is 0.0728. The summed E-state index contributed by atoms with van der Waals surface area (Å²) in [5.41, 5.74) is 3.51. The molecule has 7 aliphatic rings. The molecule has 0 saturated heterocycles. The van der Waals surface area contributed by atoms with Crippen molar-refractivity contribution < 1.29 is 9.94 Å². The van der Waals surface area contributed by atoms with Gasteiger partial charge >= 0.3 is 0 Å². The number of hydrogen-bond acceptors (Lipinski definition) is 3. The predicted molar refractivity (Wildman–Crippen MR) is 104 cm³/mol. The van der Waals surface area contributed by atoms with Crippen molar-refractivity contribution in [2.24, 2.45) is 51.5 Å². The fourth-order valence-electron chi connectivity index (χ4n) is 9.28. The molecule has 5 saturated carbocycles. The van der Waals surface area contributed by atoms with Gasteiger partial charge in [0.05, 0.1) is 17.9 Å². The maximum atomic E-state index is 9.34. The first-order valence-corrected chi connectivity index (χ1v) is 11.4. The quantitative estimate of drug-likeness (QED) is 0.374. The molecule has 0 radical (unpaired) electrons. The summed E-state index contributed by atoms with van der Waals surface area (Å²) in [6, 6.07) is 0. The Bertz CT molecular complexity index is 807. The third-order valence-corrected chi connectivity index (χ3v) is 10.4. The van der Waals surface area contributed by atoms with Crippen molar-refractivity contribution in [3.63, 3.8) is 0 Å². The fourth-order valence-corrected chi connectivity index (χ4v) is 9.28. The zero-order chi connectivity index (χ0) is 18.0. The van der Waals surface area contributed by atoms with Crippen LogP contribution in [0.1, 0.15) is 58.3 Å². The molecule has 5 fully saturated rings. The topological polar surface area (TPSA) is 41.8 Å². The second-order valence-corrected chi connectivity index (χ2v) is 11.1. The number of fused-ring (bicyclic) bond motifs is 10. The maximum Gasteiger partial charge on any atom is 0.0954 e. The van der Waals surface area contributed by atoms with E-state index in [0.717, 1.165) is 54.2 Å². The lowest BCUT2D eigenvalue weighted by Gasteiger charge is -2.58. The molecule has 0 aromatic heterocycles. The van der Waals surface area contributed by atoms with E-state index in [9.17, 15) is 5.21 Å². The standard InChI is InChI=1S/C24H31NO2/c1-22-7-5-15-16-4-3-14(25-26)11-19(16)23(8-9-23)13-18(15)21(22)17-12-20(17)24(22)6-2-10-27-24/h2,6,11,15-18,20-21,26H,3-5,7-10,12-13H2,1H3/t15?,16-,17?,18?,20?,21?,22+,24+/m1/s1. The Morgan fingerprint density at radius 3 is 2.78 bits per heavy atom. The first-order chi connectivity index (χ1) is 13.1. The van der Waals surface area contributed by atoms with Crippen LogP contribution in [0.3, 0.4) is 0 Å². The van der Waals surface area contributed by atoms with Gasteiger partial charge < -0.3 is 9.94 Å². The molecule has 3 heteroatoms. The van der Waals surface area contributed by atoms with Gasteiger partial charge in [0.25, 0.3) is 0 Å². The monoisotopic (exact) mass is 365 g/mol. The van der Waals surface area contributed by atoms with Crippen LogP contribution in [0.25, 0.3) is 0 Å². The summed E-state index contributed by atoms with van der Waals surface area (Å²) in [5.74, 6) is 5.11. The van der Waals surface area contributed by atoms with Crippen LogP contribution in [0.5, 0.6) is 0 Å². The molecule has 3 nitrogen and oxygen atoms in total. The highest BCUT2D eigenvalue weighted by Crippen LogP contribution is 2.79. The molecule has 144 valence electrons. The molecule has 1 aliphatic heterocycles. The largest absolute Gasteiger partial charge is 0.411 e. The summed E-state index contributed by atoms with van der Waals surface area (Å²) in [4.78, 5) is 0. The number of ether oxygens (including phenoxy) is 1. The lowest BCUT2D eigenvalue weighted by atomic mass is 9.47. The van der Waals surface area contributed by atoms with Crippen LogP contribution in [0.15, 0.2) is 29.0 Å². The first-order valence-electron chi connectivity index (χ1n) is 11.4. The summed E-state index contributed by atoms with van der Waals surface area (Å²) in [5, 5.41) is 12.9. The SMILES string of the molecule is C[C@]12CCC3C(CC4(CC4)C4=CC(=NO)CC[C@@H]43)C1C1CC1[C@@]21C=CCO1. The second-order valence-electron chi connectivity index (χ2n) is 11.1. The third-order valence-electron chi connectivity index (χ3n) is 10.4. The van der Waals surface area contributed by atoms with Gasteiger partial charge in [-0.15, -0.1) is 0 Å². The average molecular weight is 366 g/mol. The molecule has 1 N–H and O–H groups in total. The molecule has 0 aromatic rings. The van der Waals surface area contributed by atoms with Crippen molar-refractivity contribution in [3.05, 3.63) is 23.8 Å². The molecule has 27 heavy (non-hydrogen) atoms. The van der Waals surface area contributed by atoms with Crippen molar-refractivity contribution >= 4 is 5.71 Å².